The molecular formula is C36H41Cl2N7O4. The largest absolute Gasteiger partial charge is 0.496 e. The molecule has 0 spiro atoms. The molecule has 0 aliphatic carbocycles. The van der Waals surface area contributed by atoms with Crippen LogP contribution in [0.15, 0.2) is 48.7 Å². The van der Waals surface area contributed by atoms with E-state index in [2.05, 4.69) is 25.5 Å². The zero-order valence-electron chi connectivity index (χ0n) is 27.9. The van der Waals surface area contributed by atoms with Crippen LogP contribution in [0.1, 0.15) is 47.3 Å². The standard InChI is InChI=1S/C36H41Cl2N7O4/c1-22(47)45-15-10-25(11-16-45)40-20-24-8-7-23(19-31(24)49-3)34-33(38)27(9-13-39-34)26-5-4-6-28(32(26)37)42-36(48)35-41-29-21-44(17-18-46)14-12-30(29)43(35)2/h4-9,13,19,25,40,46H,10-12,14-18,20-21H2,1-3H3,(H,42,48). The first-order valence-corrected chi connectivity index (χ1v) is 17.2. The number of imidazole rings is 1. The molecule has 11 nitrogen and oxygen atoms in total. The van der Waals surface area contributed by atoms with Crippen molar-refractivity contribution in [1.82, 2.24) is 29.7 Å². The van der Waals surface area contributed by atoms with Crippen molar-refractivity contribution in [3.63, 3.8) is 0 Å². The van der Waals surface area contributed by atoms with Crippen LogP contribution in [-0.2, 0) is 31.4 Å². The normalized spacial score (nSPS) is 15.3. The number of amides is 2. The van der Waals surface area contributed by atoms with E-state index in [1.807, 2.05) is 46.8 Å². The van der Waals surface area contributed by atoms with E-state index < -0.39 is 0 Å². The Labute approximate surface area is 296 Å². The van der Waals surface area contributed by atoms with Gasteiger partial charge in [0, 0.05) is 99.8 Å². The van der Waals surface area contributed by atoms with E-state index in [4.69, 9.17) is 27.9 Å². The van der Waals surface area contributed by atoms with Crippen molar-refractivity contribution in [2.75, 3.05) is 45.2 Å². The molecule has 13 heteroatoms. The maximum absolute atomic E-state index is 13.5. The highest BCUT2D eigenvalue weighted by Crippen LogP contribution is 2.41. The van der Waals surface area contributed by atoms with Crippen molar-refractivity contribution < 1.29 is 19.4 Å². The fourth-order valence-corrected chi connectivity index (χ4v) is 7.27. The van der Waals surface area contributed by atoms with Crippen LogP contribution in [0.25, 0.3) is 22.4 Å². The molecule has 2 aliphatic rings. The lowest BCUT2D eigenvalue weighted by molar-refractivity contribution is -0.129. The average molecular weight is 707 g/mol. The van der Waals surface area contributed by atoms with Gasteiger partial charge in [0.05, 0.1) is 40.8 Å². The molecule has 2 amide bonds. The van der Waals surface area contributed by atoms with Gasteiger partial charge in [0.2, 0.25) is 5.91 Å². The van der Waals surface area contributed by atoms with Crippen LogP contribution < -0.4 is 15.4 Å². The number of benzene rings is 2. The van der Waals surface area contributed by atoms with Crippen molar-refractivity contribution in [1.29, 1.82) is 0 Å². The lowest BCUT2D eigenvalue weighted by Gasteiger charge is -2.32. The molecule has 0 saturated carbocycles. The minimum atomic E-state index is -0.366. The van der Waals surface area contributed by atoms with Gasteiger partial charge >= 0.3 is 0 Å². The second-order valence-electron chi connectivity index (χ2n) is 12.5. The Morgan fingerprint density at radius 2 is 1.84 bits per heavy atom. The number of hydrogen-bond acceptors (Lipinski definition) is 8. The quantitative estimate of drug-likeness (QED) is 0.207. The summed E-state index contributed by atoms with van der Waals surface area (Å²) < 4.78 is 7.60. The first-order chi connectivity index (χ1) is 23.7. The molecular weight excluding hydrogens is 665 g/mol. The third-order valence-corrected chi connectivity index (χ3v) is 10.3. The van der Waals surface area contributed by atoms with Crippen LogP contribution in [0.2, 0.25) is 10.0 Å². The monoisotopic (exact) mass is 705 g/mol. The number of likely N-dealkylation sites (tertiary alicyclic amines) is 1. The van der Waals surface area contributed by atoms with Crippen LogP contribution >= 0.6 is 23.2 Å². The lowest BCUT2D eigenvalue weighted by Crippen LogP contribution is -2.43. The molecule has 0 unspecified atom stereocenters. The van der Waals surface area contributed by atoms with Crippen molar-refractivity contribution in [3.8, 4) is 28.1 Å². The van der Waals surface area contributed by atoms with Gasteiger partial charge < -0.3 is 29.9 Å². The Morgan fingerprint density at radius 3 is 2.57 bits per heavy atom. The third-order valence-electron chi connectivity index (χ3n) is 9.46. The van der Waals surface area contributed by atoms with E-state index in [-0.39, 0.29) is 18.4 Å². The van der Waals surface area contributed by atoms with E-state index in [1.54, 1.807) is 32.4 Å². The first kappa shape index (κ1) is 34.8. The number of aliphatic hydroxyl groups is 1. The molecule has 49 heavy (non-hydrogen) atoms. The first-order valence-electron chi connectivity index (χ1n) is 16.5. The van der Waals surface area contributed by atoms with Crippen LogP contribution in [0.3, 0.4) is 0 Å². The van der Waals surface area contributed by atoms with E-state index in [0.29, 0.717) is 69.8 Å². The number of piperidine rings is 1. The predicted molar refractivity (Wildman–Crippen MR) is 191 cm³/mol. The Hall–Kier alpha value is -4.00. The number of aliphatic hydroxyl groups excluding tert-OH is 1. The number of pyridine rings is 1. The predicted octanol–water partition coefficient (Wildman–Crippen LogP) is 5.17. The summed E-state index contributed by atoms with van der Waals surface area (Å²) in [4.78, 5) is 38.4. The zero-order chi connectivity index (χ0) is 34.7. The summed E-state index contributed by atoms with van der Waals surface area (Å²) in [5.74, 6) is 0.774. The Kier molecular flexibility index (Phi) is 10.9. The van der Waals surface area contributed by atoms with E-state index >= 15 is 0 Å². The number of aromatic nitrogens is 3. The van der Waals surface area contributed by atoms with Gasteiger partial charge in [-0.3, -0.25) is 19.5 Å². The fraction of sp³-hybridized carbons (Fsp3) is 0.389. The number of carbonyl (C=O) groups excluding carboxylic acids is 2. The molecule has 1 fully saturated rings. The summed E-state index contributed by atoms with van der Waals surface area (Å²) >= 11 is 14.0. The zero-order valence-corrected chi connectivity index (χ0v) is 29.4. The molecule has 2 aliphatic heterocycles. The van der Waals surface area contributed by atoms with Crippen molar-refractivity contribution >= 4 is 40.7 Å². The highest BCUT2D eigenvalue weighted by Gasteiger charge is 2.26. The molecule has 4 heterocycles. The van der Waals surface area contributed by atoms with Gasteiger partial charge in [0.25, 0.3) is 5.91 Å². The van der Waals surface area contributed by atoms with Gasteiger partial charge in [-0.05, 0) is 31.0 Å². The third kappa shape index (κ3) is 7.46. The van der Waals surface area contributed by atoms with Crippen molar-refractivity contribution in [3.05, 3.63) is 81.5 Å². The minimum Gasteiger partial charge on any atom is -0.496 e. The number of nitrogens with zero attached hydrogens (tertiary/aromatic N) is 5. The molecule has 1 saturated heterocycles. The Bertz CT molecular complexity index is 1860. The smallest absolute Gasteiger partial charge is 0.291 e. The Morgan fingerprint density at radius 1 is 1.06 bits per heavy atom. The number of anilines is 1. The second-order valence-corrected chi connectivity index (χ2v) is 13.2. The summed E-state index contributed by atoms with van der Waals surface area (Å²) in [6.45, 7) is 5.82. The van der Waals surface area contributed by atoms with Crippen molar-refractivity contribution in [2.24, 2.45) is 7.05 Å². The van der Waals surface area contributed by atoms with Gasteiger partial charge in [-0.1, -0.05) is 47.5 Å². The van der Waals surface area contributed by atoms with Crippen LogP contribution in [-0.4, -0.2) is 87.2 Å². The highest BCUT2D eigenvalue weighted by atomic mass is 35.5. The van der Waals surface area contributed by atoms with Crippen LogP contribution in [0.5, 0.6) is 5.75 Å². The van der Waals surface area contributed by atoms with Crippen molar-refractivity contribution in [2.45, 2.75) is 45.3 Å². The van der Waals surface area contributed by atoms with Crippen LogP contribution in [0.4, 0.5) is 5.69 Å². The maximum atomic E-state index is 13.5. The lowest BCUT2D eigenvalue weighted by atomic mass is 10.0. The molecule has 2 aromatic carbocycles. The fourth-order valence-electron chi connectivity index (χ4n) is 6.68. The molecule has 6 rings (SSSR count). The van der Waals surface area contributed by atoms with Gasteiger partial charge in [0.15, 0.2) is 5.82 Å². The molecule has 0 bridgehead atoms. The van der Waals surface area contributed by atoms with Gasteiger partial charge in [-0.25, -0.2) is 4.98 Å². The van der Waals surface area contributed by atoms with Gasteiger partial charge in [0.1, 0.15) is 5.75 Å². The number of rotatable bonds is 10. The molecule has 2 aromatic heterocycles. The number of β-amino-alcohol motifs (C(OH)–C–C–N with tert-alkyl or cyclic N) is 1. The topological polar surface area (TPSA) is 125 Å². The number of methoxy groups -OCH3 is 1. The molecule has 0 radical (unpaired) electrons. The average Bonchev–Trinajstić information content (AvgIpc) is 3.44. The summed E-state index contributed by atoms with van der Waals surface area (Å²) in [5, 5.41) is 16.7. The second kappa shape index (κ2) is 15.3. The van der Waals surface area contributed by atoms with Gasteiger partial charge in [-0.2, -0.15) is 0 Å². The molecule has 258 valence electrons. The molecule has 4 aromatic rings. The van der Waals surface area contributed by atoms with E-state index in [1.165, 1.54) is 0 Å². The van der Waals surface area contributed by atoms with E-state index in [0.717, 1.165) is 61.4 Å². The maximum Gasteiger partial charge on any atom is 0.291 e. The highest BCUT2D eigenvalue weighted by molar-refractivity contribution is 6.39. The summed E-state index contributed by atoms with van der Waals surface area (Å²) in [7, 11) is 3.49. The SMILES string of the molecule is COc1cc(-c2nccc(-c3cccc(NC(=O)c4nc5c(n4C)CCN(CCO)C5)c3Cl)c2Cl)ccc1CNC1CCN(C(C)=O)CC1. The molecule has 3 N–H and O–H groups in total. The number of carbonyl (C=O) groups is 2. The summed E-state index contributed by atoms with van der Waals surface area (Å²) in [6, 6.07) is 13.5. The molecule has 0 atom stereocenters. The minimum absolute atomic E-state index is 0.0799. The number of nitrogens with one attached hydrogen (secondary N) is 2. The number of fused-ring (bicyclic) bond motifs is 1. The number of ether oxygens (including phenoxy) is 1. The Balaban J connectivity index is 1.19. The van der Waals surface area contributed by atoms with E-state index in [9.17, 15) is 14.7 Å². The summed E-state index contributed by atoms with van der Waals surface area (Å²) in [5.41, 5.74) is 5.99. The number of halogens is 2. The summed E-state index contributed by atoms with van der Waals surface area (Å²) in [6.07, 6.45) is 4.26. The van der Waals surface area contributed by atoms with Gasteiger partial charge in [-0.15, -0.1) is 0 Å². The number of hydrogen-bond donors (Lipinski definition) is 3. The van der Waals surface area contributed by atoms with Crippen LogP contribution in [0, 0.1) is 0 Å².